The first-order valence-corrected chi connectivity index (χ1v) is 8.47. The number of hydrogen-bond donors (Lipinski definition) is 2. The minimum Gasteiger partial charge on any atom is -0.377 e. The topological polar surface area (TPSA) is 85.9 Å². The van der Waals surface area contributed by atoms with E-state index in [4.69, 9.17) is 13.7 Å². The van der Waals surface area contributed by atoms with Crippen LogP contribution >= 0.6 is 23.8 Å². The van der Waals surface area contributed by atoms with Gasteiger partial charge in [0.05, 0.1) is 26.4 Å². The summed E-state index contributed by atoms with van der Waals surface area (Å²) in [4.78, 5) is 22.0. The van der Waals surface area contributed by atoms with Gasteiger partial charge >= 0.3 is 0 Å². The van der Waals surface area contributed by atoms with Crippen molar-refractivity contribution in [2.24, 2.45) is 0 Å². The van der Waals surface area contributed by atoms with Crippen LogP contribution in [0, 0.1) is 0 Å². The number of rotatable bonds is 12. The number of ether oxygens (including phenoxy) is 2. The van der Waals surface area contributed by atoms with Crippen LogP contribution in [0.15, 0.2) is 0 Å². The zero-order chi connectivity index (χ0) is 15.1. The highest BCUT2D eigenvalue weighted by atomic mass is 32.2. The van der Waals surface area contributed by atoms with Gasteiger partial charge in [-0.2, -0.15) is 0 Å². The molecule has 20 heavy (non-hydrogen) atoms. The van der Waals surface area contributed by atoms with E-state index in [2.05, 4.69) is 10.6 Å². The lowest BCUT2D eigenvalue weighted by Gasteiger charge is -2.07. The van der Waals surface area contributed by atoms with E-state index in [9.17, 15) is 9.59 Å². The summed E-state index contributed by atoms with van der Waals surface area (Å²) in [5, 5.41) is 5.26. The molecule has 0 aliphatic rings. The highest BCUT2D eigenvalue weighted by molar-refractivity contribution is 8.12. The molecule has 0 rings (SSSR count). The fourth-order valence-electron chi connectivity index (χ4n) is 1.05. The molecular formula is C11H22N2O5S2. The molecule has 9 heteroatoms. The first-order valence-electron chi connectivity index (χ1n) is 6.10. The minimum atomic E-state index is -0.163. The zero-order valence-electron chi connectivity index (χ0n) is 11.8. The number of carbonyl (C=O) groups is 2. The van der Waals surface area contributed by atoms with Gasteiger partial charge < -0.3 is 24.3 Å². The van der Waals surface area contributed by atoms with Gasteiger partial charge in [-0.05, 0) is 18.3 Å². The predicted molar refractivity (Wildman–Crippen MR) is 81.0 cm³/mol. The molecule has 0 spiro atoms. The normalized spacial score (nSPS) is 10.3. The van der Waals surface area contributed by atoms with Gasteiger partial charge in [0, 0.05) is 19.3 Å². The average molecular weight is 326 g/mol. The average Bonchev–Trinajstić information content (AvgIpc) is 2.46. The van der Waals surface area contributed by atoms with E-state index < -0.39 is 0 Å². The fourth-order valence-corrected chi connectivity index (χ4v) is 1.52. The van der Waals surface area contributed by atoms with Gasteiger partial charge in [0.1, 0.15) is 6.61 Å². The van der Waals surface area contributed by atoms with Crippen LogP contribution in [-0.2, 0) is 18.5 Å². The lowest BCUT2D eigenvalue weighted by Crippen LogP contribution is -2.30. The van der Waals surface area contributed by atoms with Crippen LogP contribution in [0.1, 0.15) is 0 Å². The van der Waals surface area contributed by atoms with E-state index in [0.717, 1.165) is 23.8 Å². The number of thioether (sulfide) groups is 1. The van der Waals surface area contributed by atoms with Gasteiger partial charge in [-0.1, -0.05) is 11.8 Å². The van der Waals surface area contributed by atoms with E-state index in [1.807, 2.05) is 0 Å². The van der Waals surface area contributed by atoms with Crippen LogP contribution < -0.4 is 10.6 Å². The van der Waals surface area contributed by atoms with E-state index in [0.29, 0.717) is 39.5 Å². The third kappa shape index (κ3) is 13.9. The van der Waals surface area contributed by atoms with E-state index in [1.54, 1.807) is 12.5 Å². The first-order chi connectivity index (χ1) is 9.70. The minimum absolute atomic E-state index is 0.0477. The Morgan fingerprint density at radius 3 is 2.10 bits per heavy atom. The number of carbonyl (C=O) groups excluding carboxylic acids is 2. The van der Waals surface area contributed by atoms with Crippen molar-refractivity contribution in [3.63, 3.8) is 0 Å². The summed E-state index contributed by atoms with van der Waals surface area (Å²) in [6.45, 7) is 2.78. The van der Waals surface area contributed by atoms with Gasteiger partial charge in [-0.25, -0.2) is 0 Å². The molecule has 7 nitrogen and oxygen atoms in total. The van der Waals surface area contributed by atoms with Crippen LogP contribution in [0.4, 0.5) is 4.79 Å². The lowest BCUT2D eigenvalue weighted by atomic mass is 10.6. The van der Waals surface area contributed by atoms with Crippen LogP contribution in [0.5, 0.6) is 0 Å². The van der Waals surface area contributed by atoms with Crippen LogP contribution in [0.3, 0.4) is 0 Å². The summed E-state index contributed by atoms with van der Waals surface area (Å²) in [5.41, 5.74) is 0. The molecule has 0 bridgehead atoms. The number of nitrogens with one attached hydrogen (secondary N) is 2. The van der Waals surface area contributed by atoms with Crippen molar-refractivity contribution in [2.75, 3.05) is 58.6 Å². The molecule has 0 heterocycles. The highest BCUT2D eigenvalue weighted by Gasteiger charge is 1.99. The van der Waals surface area contributed by atoms with Gasteiger partial charge in [0.25, 0.3) is 5.24 Å². The Morgan fingerprint density at radius 1 is 0.950 bits per heavy atom. The maximum Gasteiger partial charge on any atom is 0.278 e. The Morgan fingerprint density at radius 2 is 1.55 bits per heavy atom. The van der Waals surface area contributed by atoms with E-state index in [-0.39, 0.29) is 17.8 Å². The van der Waals surface area contributed by atoms with Crippen LogP contribution in [-0.4, -0.2) is 69.8 Å². The molecule has 0 radical (unpaired) electrons. The zero-order valence-corrected chi connectivity index (χ0v) is 13.4. The second kappa shape index (κ2) is 14.9. The maximum atomic E-state index is 11.1. The molecule has 0 aromatic rings. The molecule has 0 saturated carbocycles. The Labute approximate surface area is 128 Å². The van der Waals surface area contributed by atoms with Gasteiger partial charge in [-0.15, -0.1) is 0 Å². The van der Waals surface area contributed by atoms with Crippen molar-refractivity contribution in [1.82, 2.24) is 10.6 Å². The molecule has 0 aromatic heterocycles. The molecule has 2 amide bonds. The molecule has 0 atom stereocenters. The summed E-state index contributed by atoms with van der Waals surface area (Å²) in [5.74, 6) is -0.163. The second-order valence-corrected chi connectivity index (χ2v) is 4.77. The summed E-state index contributed by atoms with van der Waals surface area (Å²) < 4.78 is 15.4. The Bertz CT molecular complexity index is 269. The maximum absolute atomic E-state index is 11.1. The SMILES string of the molecule is CSOCC(=O)NCCOCCOCCNC(=O)SC. The van der Waals surface area contributed by atoms with Crippen LogP contribution in [0.25, 0.3) is 0 Å². The van der Waals surface area contributed by atoms with Gasteiger partial charge in [0.2, 0.25) is 5.91 Å². The third-order valence-corrected chi connectivity index (χ3v) is 2.82. The molecule has 0 aromatic carbocycles. The predicted octanol–water partition coefficient (Wildman–Crippen LogP) is 0.503. The summed E-state index contributed by atoms with van der Waals surface area (Å²) >= 11 is 2.29. The number of hydrogen-bond acceptors (Lipinski definition) is 7. The number of amides is 2. The smallest absolute Gasteiger partial charge is 0.278 e. The monoisotopic (exact) mass is 326 g/mol. The molecular weight excluding hydrogens is 304 g/mol. The lowest BCUT2D eigenvalue weighted by molar-refractivity contribution is -0.123. The van der Waals surface area contributed by atoms with Crippen molar-refractivity contribution in [1.29, 1.82) is 0 Å². The van der Waals surface area contributed by atoms with Crippen molar-refractivity contribution in [3.8, 4) is 0 Å². The molecule has 0 fully saturated rings. The summed E-state index contributed by atoms with van der Waals surface area (Å²) in [6.07, 6.45) is 3.47. The van der Waals surface area contributed by atoms with Crippen molar-refractivity contribution in [2.45, 2.75) is 0 Å². The summed E-state index contributed by atoms with van der Waals surface area (Å²) in [7, 11) is 0. The van der Waals surface area contributed by atoms with E-state index in [1.165, 1.54) is 0 Å². The Kier molecular flexibility index (Phi) is 14.6. The quantitative estimate of drug-likeness (QED) is 0.399. The third-order valence-electron chi connectivity index (χ3n) is 1.95. The summed E-state index contributed by atoms with van der Waals surface area (Å²) in [6, 6.07) is 0. The molecule has 0 aliphatic heterocycles. The fraction of sp³-hybridized carbons (Fsp3) is 0.818. The second-order valence-electron chi connectivity index (χ2n) is 3.42. The Balaban J connectivity index is 3.13. The molecule has 0 saturated heterocycles. The van der Waals surface area contributed by atoms with Crippen molar-refractivity contribution < 1.29 is 23.2 Å². The standard InChI is InChI=1S/C11H22N2O5S2/c1-19-11(15)13-4-6-17-8-7-16-5-3-12-10(14)9-18-20-2/h3-9H2,1-2H3,(H,12,14)(H,13,15). The largest absolute Gasteiger partial charge is 0.377 e. The molecule has 2 N–H and O–H groups in total. The highest BCUT2D eigenvalue weighted by Crippen LogP contribution is 1.92. The van der Waals surface area contributed by atoms with Crippen molar-refractivity contribution in [3.05, 3.63) is 0 Å². The molecule has 0 unspecified atom stereocenters. The Hall–Kier alpha value is -0.480. The molecule has 118 valence electrons. The van der Waals surface area contributed by atoms with Gasteiger partial charge in [-0.3, -0.25) is 9.59 Å². The molecule has 0 aliphatic carbocycles. The first kappa shape index (κ1) is 19.5. The van der Waals surface area contributed by atoms with Crippen LogP contribution in [0.2, 0.25) is 0 Å². The van der Waals surface area contributed by atoms with Crippen molar-refractivity contribution >= 4 is 35.0 Å². The van der Waals surface area contributed by atoms with E-state index >= 15 is 0 Å². The van der Waals surface area contributed by atoms with Gasteiger partial charge in [0.15, 0.2) is 0 Å².